The summed E-state index contributed by atoms with van der Waals surface area (Å²) in [6, 6.07) is 22.5. The molecule has 0 unspecified atom stereocenters. The highest BCUT2D eigenvalue weighted by Gasteiger charge is 2.20. The minimum absolute atomic E-state index is 0.00452. The van der Waals surface area contributed by atoms with Gasteiger partial charge in [0.1, 0.15) is 29.9 Å². The van der Waals surface area contributed by atoms with E-state index in [4.69, 9.17) is 4.52 Å². The first-order chi connectivity index (χ1) is 18.1. The predicted molar refractivity (Wildman–Crippen MR) is 135 cm³/mol. The summed E-state index contributed by atoms with van der Waals surface area (Å²) in [6.07, 6.45) is 1.42. The molecule has 0 saturated carbocycles. The zero-order chi connectivity index (χ0) is 25.4. The molecule has 6 rings (SSSR count). The maximum atomic E-state index is 14.1. The van der Waals surface area contributed by atoms with Gasteiger partial charge in [0.05, 0.1) is 17.5 Å². The maximum Gasteiger partial charge on any atom is 0.278 e. The zero-order valence-electron chi connectivity index (χ0n) is 19.3. The number of fused-ring (bicyclic) bond motifs is 3. The molecule has 3 aromatic heterocycles. The van der Waals surface area contributed by atoms with Crippen LogP contribution in [0.1, 0.15) is 5.89 Å². The van der Waals surface area contributed by atoms with Crippen molar-refractivity contribution in [1.29, 1.82) is 0 Å². The van der Waals surface area contributed by atoms with Crippen molar-refractivity contribution in [3.63, 3.8) is 0 Å². The summed E-state index contributed by atoms with van der Waals surface area (Å²) in [5, 5.41) is 7.30. The number of carbonyl (C=O) groups is 1. The molecule has 1 N–H and O–H groups in total. The van der Waals surface area contributed by atoms with Gasteiger partial charge in [0.15, 0.2) is 0 Å². The van der Waals surface area contributed by atoms with Crippen LogP contribution in [-0.2, 0) is 17.9 Å². The Hall–Kier alpha value is -5.12. The van der Waals surface area contributed by atoms with E-state index < -0.39 is 11.7 Å². The fraction of sp³-hybridized carbons (Fsp3) is 0.0741. The Morgan fingerprint density at radius 3 is 2.57 bits per heavy atom. The first-order valence-electron chi connectivity index (χ1n) is 11.5. The number of carbonyl (C=O) groups excluding carboxylic acids is 1. The Morgan fingerprint density at radius 1 is 0.973 bits per heavy atom. The van der Waals surface area contributed by atoms with Gasteiger partial charge < -0.3 is 14.4 Å². The van der Waals surface area contributed by atoms with E-state index in [1.165, 1.54) is 29.1 Å². The van der Waals surface area contributed by atoms with Gasteiger partial charge >= 0.3 is 0 Å². The summed E-state index contributed by atoms with van der Waals surface area (Å²) in [5.41, 5.74) is 1.85. The van der Waals surface area contributed by atoms with Crippen molar-refractivity contribution in [2.75, 3.05) is 5.32 Å². The number of benzene rings is 3. The number of hydrogen-bond acceptors (Lipinski definition) is 6. The maximum absolute atomic E-state index is 14.1. The van der Waals surface area contributed by atoms with Crippen LogP contribution in [0.15, 0.2) is 94.5 Å². The topological polar surface area (TPSA) is 108 Å². The zero-order valence-corrected chi connectivity index (χ0v) is 19.3. The molecule has 9 nitrogen and oxygen atoms in total. The number of nitrogens with one attached hydrogen (secondary N) is 1. The molecule has 182 valence electrons. The van der Waals surface area contributed by atoms with Gasteiger partial charge in [0, 0.05) is 10.9 Å². The molecule has 0 aliphatic rings. The van der Waals surface area contributed by atoms with Crippen molar-refractivity contribution in [3.8, 4) is 11.4 Å². The van der Waals surface area contributed by atoms with Gasteiger partial charge in [-0.2, -0.15) is 4.98 Å². The first-order valence-corrected chi connectivity index (χ1v) is 11.5. The van der Waals surface area contributed by atoms with Crippen LogP contribution in [0, 0.1) is 5.82 Å². The van der Waals surface area contributed by atoms with E-state index in [2.05, 4.69) is 20.4 Å². The number of nitrogens with zero attached hydrogens (tertiary/aromatic N) is 5. The summed E-state index contributed by atoms with van der Waals surface area (Å²) >= 11 is 0. The van der Waals surface area contributed by atoms with Crippen LogP contribution in [0.25, 0.3) is 33.3 Å². The molecule has 6 aromatic rings. The van der Waals surface area contributed by atoms with E-state index >= 15 is 0 Å². The molecular formula is C27H19FN6O3. The molecule has 3 heterocycles. The lowest BCUT2D eigenvalue weighted by Gasteiger charge is -2.10. The van der Waals surface area contributed by atoms with Crippen LogP contribution in [0.2, 0.25) is 0 Å². The van der Waals surface area contributed by atoms with Crippen molar-refractivity contribution < 1.29 is 13.7 Å². The summed E-state index contributed by atoms with van der Waals surface area (Å²) < 4.78 is 22.4. The highest BCUT2D eigenvalue weighted by Crippen LogP contribution is 2.25. The number of para-hydroxylation sites is 2. The normalized spacial score (nSPS) is 11.3. The molecule has 3 aromatic carbocycles. The summed E-state index contributed by atoms with van der Waals surface area (Å²) in [5.74, 6) is -0.373. The molecule has 0 saturated heterocycles. The van der Waals surface area contributed by atoms with Crippen LogP contribution in [0.3, 0.4) is 0 Å². The molecule has 37 heavy (non-hydrogen) atoms. The van der Waals surface area contributed by atoms with Crippen molar-refractivity contribution in [2.24, 2.45) is 0 Å². The smallest absolute Gasteiger partial charge is 0.278 e. The van der Waals surface area contributed by atoms with Crippen molar-refractivity contribution in [2.45, 2.75) is 13.1 Å². The van der Waals surface area contributed by atoms with Crippen LogP contribution >= 0.6 is 0 Å². The second-order valence-corrected chi connectivity index (χ2v) is 8.38. The standard InChI is InChI=1S/C27H19FN6O3/c28-19-11-5-6-12-20(19)30-22(35)14-34-21-13-7-4-10-18(21)24-25(34)27(36)33(16-29-24)15-23-31-26(32-37-23)17-8-2-1-3-9-17/h1-13,16H,14-15H2,(H,30,35). The predicted octanol–water partition coefficient (Wildman–Crippen LogP) is 4.23. The average molecular weight is 494 g/mol. The fourth-order valence-electron chi connectivity index (χ4n) is 4.29. The molecular weight excluding hydrogens is 475 g/mol. The summed E-state index contributed by atoms with van der Waals surface area (Å²) in [4.78, 5) is 35.4. The fourth-order valence-corrected chi connectivity index (χ4v) is 4.29. The van der Waals surface area contributed by atoms with E-state index in [0.717, 1.165) is 10.9 Å². The summed E-state index contributed by atoms with van der Waals surface area (Å²) in [7, 11) is 0. The average Bonchev–Trinajstić information content (AvgIpc) is 3.51. The lowest BCUT2D eigenvalue weighted by atomic mass is 10.2. The van der Waals surface area contributed by atoms with Crippen LogP contribution in [0.4, 0.5) is 10.1 Å². The molecule has 1 amide bonds. The molecule has 0 aliphatic carbocycles. The van der Waals surface area contributed by atoms with Crippen molar-refractivity contribution in [3.05, 3.63) is 107 Å². The Morgan fingerprint density at radius 2 is 1.73 bits per heavy atom. The van der Waals surface area contributed by atoms with Crippen LogP contribution in [-0.4, -0.2) is 30.2 Å². The Balaban J connectivity index is 1.38. The van der Waals surface area contributed by atoms with E-state index in [1.807, 2.05) is 48.5 Å². The van der Waals surface area contributed by atoms with Gasteiger partial charge in [0.2, 0.25) is 17.6 Å². The number of rotatable bonds is 6. The van der Waals surface area contributed by atoms with E-state index in [0.29, 0.717) is 16.9 Å². The Bertz CT molecular complexity index is 1820. The van der Waals surface area contributed by atoms with E-state index in [-0.39, 0.29) is 35.7 Å². The monoisotopic (exact) mass is 494 g/mol. The molecule has 0 radical (unpaired) electrons. The molecule has 0 aliphatic heterocycles. The Kier molecular flexibility index (Phi) is 5.53. The second kappa shape index (κ2) is 9.15. The van der Waals surface area contributed by atoms with Crippen molar-refractivity contribution in [1.82, 2.24) is 24.3 Å². The highest BCUT2D eigenvalue weighted by molar-refractivity contribution is 6.06. The quantitative estimate of drug-likeness (QED) is 0.371. The van der Waals surface area contributed by atoms with Crippen molar-refractivity contribution >= 4 is 33.5 Å². The molecule has 10 heteroatoms. The third-order valence-corrected chi connectivity index (χ3v) is 5.99. The SMILES string of the molecule is O=C(Cn1c2ccccc2c2ncn(Cc3nc(-c4ccccc4)no3)c(=O)c21)Nc1ccccc1F. The summed E-state index contributed by atoms with van der Waals surface area (Å²) in [6.45, 7) is -0.206. The number of halogens is 1. The third kappa shape index (κ3) is 4.14. The lowest BCUT2D eigenvalue weighted by molar-refractivity contribution is -0.116. The molecule has 0 spiro atoms. The van der Waals surface area contributed by atoms with Gasteiger partial charge in [-0.05, 0) is 18.2 Å². The first kappa shape index (κ1) is 22.4. The highest BCUT2D eigenvalue weighted by atomic mass is 19.1. The lowest BCUT2D eigenvalue weighted by Crippen LogP contribution is -2.25. The van der Waals surface area contributed by atoms with Gasteiger partial charge in [-0.15, -0.1) is 0 Å². The van der Waals surface area contributed by atoms with Gasteiger partial charge in [-0.25, -0.2) is 9.37 Å². The van der Waals surface area contributed by atoms with Gasteiger partial charge in [0.25, 0.3) is 5.56 Å². The minimum Gasteiger partial charge on any atom is -0.337 e. The molecule has 0 bridgehead atoms. The molecule has 0 atom stereocenters. The Labute approximate surface area is 208 Å². The molecule has 0 fully saturated rings. The number of amides is 1. The van der Waals surface area contributed by atoms with Gasteiger partial charge in [-0.3, -0.25) is 14.2 Å². The van der Waals surface area contributed by atoms with Gasteiger partial charge in [-0.1, -0.05) is 65.8 Å². The number of hydrogen-bond donors (Lipinski definition) is 1. The largest absolute Gasteiger partial charge is 0.337 e. The number of anilines is 1. The van der Waals surface area contributed by atoms with Crippen LogP contribution in [0.5, 0.6) is 0 Å². The van der Waals surface area contributed by atoms with E-state index in [9.17, 15) is 14.0 Å². The van der Waals surface area contributed by atoms with E-state index in [1.54, 1.807) is 16.7 Å². The number of aromatic nitrogens is 5. The van der Waals surface area contributed by atoms with Crippen LogP contribution < -0.4 is 10.9 Å². The second-order valence-electron chi connectivity index (χ2n) is 8.38. The minimum atomic E-state index is -0.545. The third-order valence-electron chi connectivity index (χ3n) is 5.99.